The second-order valence-electron chi connectivity index (χ2n) is 3.61. The number of aromatic nitrogens is 2. The van der Waals surface area contributed by atoms with Crippen molar-refractivity contribution in [3.8, 4) is 0 Å². The fourth-order valence-electron chi connectivity index (χ4n) is 1.69. The number of carbonyl (C=O) groups excluding carboxylic acids is 1. The highest BCUT2D eigenvalue weighted by Crippen LogP contribution is 2.14. The van der Waals surface area contributed by atoms with Crippen molar-refractivity contribution in [3.05, 3.63) is 35.8 Å². The Balaban J connectivity index is 2.34. The number of pyridine rings is 1. The van der Waals surface area contributed by atoms with Crippen molar-refractivity contribution in [1.82, 2.24) is 9.38 Å². The fourth-order valence-corrected chi connectivity index (χ4v) is 1.69. The summed E-state index contributed by atoms with van der Waals surface area (Å²) in [5.74, 6) is -0.407. The first kappa shape index (κ1) is 12.5. The fraction of sp³-hybridized carbons (Fsp3) is 0.333. The Hall–Kier alpha value is -1.92. The quantitative estimate of drug-likeness (QED) is 0.454. The van der Waals surface area contributed by atoms with Gasteiger partial charge in [-0.05, 0) is 12.1 Å². The van der Waals surface area contributed by atoms with Crippen molar-refractivity contribution < 1.29 is 19.0 Å². The van der Waals surface area contributed by atoms with E-state index in [2.05, 4.69) is 4.98 Å². The summed E-state index contributed by atoms with van der Waals surface area (Å²) in [5, 5.41) is 0. The number of fused-ring (bicyclic) bond motifs is 1. The topological polar surface area (TPSA) is 62.1 Å². The molecule has 0 atom stereocenters. The van der Waals surface area contributed by atoms with Crippen molar-refractivity contribution in [1.29, 1.82) is 0 Å². The highest BCUT2D eigenvalue weighted by molar-refractivity contribution is 5.95. The zero-order chi connectivity index (χ0) is 13.0. The molecule has 0 amide bonds. The van der Waals surface area contributed by atoms with Crippen molar-refractivity contribution >= 4 is 11.6 Å². The summed E-state index contributed by atoms with van der Waals surface area (Å²) in [6.07, 6.45) is 3.40. The Morgan fingerprint density at radius 3 is 2.94 bits per heavy atom. The molecule has 2 aromatic rings. The van der Waals surface area contributed by atoms with Crippen LogP contribution in [0, 0.1) is 0 Å². The van der Waals surface area contributed by atoms with Gasteiger partial charge in [-0.15, -0.1) is 0 Å². The third kappa shape index (κ3) is 2.34. The number of nitrogens with zero attached hydrogens (tertiary/aromatic N) is 2. The summed E-state index contributed by atoms with van der Waals surface area (Å²) in [5.41, 5.74) is 1.87. The van der Waals surface area contributed by atoms with E-state index < -0.39 is 5.97 Å². The molecule has 0 N–H and O–H groups in total. The molecule has 0 aliphatic heterocycles. The van der Waals surface area contributed by atoms with E-state index in [4.69, 9.17) is 14.2 Å². The van der Waals surface area contributed by atoms with Crippen molar-refractivity contribution in [2.75, 3.05) is 21.0 Å². The van der Waals surface area contributed by atoms with Gasteiger partial charge in [0.25, 0.3) is 0 Å². The maximum Gasteiger partial charge on any atom is 0.341 e. The largest absolute Gasteiger partial charge is 0.465 e. The van der Waals surface area contributed by atoms with E-state index in [0.717, 1.165) is 5.69 Å². The number of hydrogen-bond donors (Lipinski definition) is 0. The predicted octanol–water partition coefficient (Wildman–Crippen LogP) is 1.24. The van der Waals surface area contributed by atoms with E-state index in [1.807, 2.05) is 0 Å². The monoisotopic (exact) mass is 250 g/mol. The first-order valence-electron chi connectivity index (χ1n) is 5.38. The average Bonchev–Trinajstić information content (AvgIpc) is 2.87. The smallest absolute Gasteiger partial charge is 0.341 e. The molecule has 0 saturated heterocycles. The molecule has 0 fully saturated rings. The Morgan fingerprint density at radius 1 is 1.39 bits per heavy atom. The van der Waals surface area contributed by atoms with Gasteiger partial charge in [0.15, 0.2) is 5.65 Å². The number of imidazole rings is 1. The minimum atomic E-state index is -0.407. The van der Waals surface area contributed by atoms with E-state index in [1.165, 1.54) is 7.11 Å². The maximum atomic E-state index is 11.6. The lowest BCUT2D eigenvalue weighted by atomic mass is 10.2. The van der Waals surface area contributed by atoms with Gasteiger partial charge in [-0.3, -0.25) is 0 Å². The summed E-state index contributed by atoms with van der Waals surface area (Å²) in [6, 6.07) is 3.48. The van der Waals surface area contributed by atoms with Crippen LogP contribution in [-0.2, 0) is 20.8 Å². The molecule has 6 nitrogen and oxygen atoms in total. The second-order valence-corrected chi connectivity index (χ2v) is 3.61. The summed E-state index contributed by atoms with van der Waals surface area (Å²) < 4.78 is 16.6. The molecule has 0 bridgehead atoms. The normalized spacial score (nSPS) is 10.8. The SMILES string of the molecule is COCOCc1ccc(C(=O)OC)c2nccn12. The lowest BCUT2D eigenvalue weighted by molar-refractivity contribution is -0.0403. The minimum Gasteiger partial charge on any atom is -0.465 e. The van der Waals surface area contributed by atoms with Gasteiger partial charge in [-0.1, -0.05) is 0 Å². The molecule has 0 saturated carbocycles. The van der Waals surface area contributed by atoms with Gasteiger partial charge < -0.3 is 18.6 Å². The molecule has 18 heavy (non-hydrogen) atoms. The Labute approximate surface area is 104 Å². The third-order valence-corrected chi connectivity index (χ3v) is 2.49. The van der Waals surface area contributed by atoms with E-state index in [-0.39, 0.29) is 6.79 Å². The average molecular weight is 250 g/mol. The van der Waals surface area contributed by atoms with Gasteiger partial charge in [-0.2, -0.15) is 0 Å². The summed E-state index contributed by atoms with van der Waals surface area (Å²) >= 11 is 0. The van der Waals surface area contributed by atoms with Gasteiger partial charge in [0, 0.05) is 19.5 Å². The summed E-state index contributed by atoms with van der Waals surface area (Å²) in [7, 11) is 2.91. The zero-order valence-electron chi connectivity index (χ0n) is 10.3. The summed E-state index contributed by atoms with van der Waals surface area (Å²) in [4.78, 5) is 15.7. The van der Waals surface area contributed by atoms with Crippen molar-refractivity contribution in [3.63, 3.8) is 0 Å². The van der Waals surface area contributed by atoms with Crippen LogP contribution in [0.2, 0.25) is 0 Å². The van der Waals surface area contributed by atoms with Crippen LogP contribution in [-0.4, -0.2) is 36.4 Å². The molecule has 2 aromatic heterocycles. The lowest BCUT2D eigenvalue weighted by Crippen LogP contribution is -2.08. The molecule has 6 heteroatoms. The molecular weight excluding hydrogens is 236 g/mol. The maximum absolute atomic E-state index is 11.6. The number of hydrogen-bond acceptors (Lipinski definition) is 5. The molecule has 0 aliphatic rings. The van der Waals surface area contributed by atoms with Gasteiger partial charge >= 0.3 is 5.97 Å². The van der Waals surface area contributed by atoms with Crippen LogP contribution in [0.1, 0.15) is 16.1 Å². The van der Waals surface area contributed by atoms with Crippen LogP contribution in [0.25, 0.3) is 5.65 Å². The third-order valence-electron chi connectivity index (χ3n) is 2.49. The van der Waals surface area contributed by atoms with Crippen LogP contribution in [0.4, 0.5) is 0 Å². The first-order chi connectivity index (χ1) is 8.77. The molecule has 2 heterocycles. The molecule has 0 aromatic carbocycles. The summed E-state index contributed by atoms with van der Waals surface area (Å²) in [6.45, 7) is 0.594. The van der Waals surface area contributed by atoms with Crippen LogP contribution in [0.15, 0.2) is 24.5 Å². The molecule has 0 spiro atoms. The van der Waals surface area contributed by atoms with Crippen LogP contribution < -0.4 is 0 Å². The Kier molecular flexibility index (Phi) is 3.91. The molecule has 2 rings (SSSR count). The van der Waals surface area contributed by atoms with Crippen molar-refractivity contribution in [2.45, 2.75) is 6.61 Å². The molecule has 0 unspecified atom stereocenters. The highest BCUT2D eigenvalue weighted by atomic mass is 16.7. The van der Waals surface area contributed by atoms with Crippen molar-refractivity contribution in [2.24, 2.45) is 0 Å². The van der Waals surface area contributed by atoms with Gasteiger partial charge in [-0.25, -0.2) is 9.78 Å². The Bertz CT molecular complexity index is 550. The number of methoxy groups -OCH3 is 2. The van der Waals surface area contributed by atoms with E-state index in [0.29, 0.717) is 17.8 Å². The van der Waals surface area contributed by atoms with Gasteiger partial charge in [0.1, 0.15) is 12.4 Å². The number of ether oxygens (including phenoxy) is 3. The van der Waals surface area contributed by atoms with Gasteiger partial charge in [0.05, 0.1) is 19.4 Å². The highest BCUT2D eigenvalue weighted by Gasteiger charge is 2.13. The molecule has 96 valence electrons. The molecular formula is C12H14N2O4. The standard InChI is InChI=1S/C12H14N2O4/c1-16-8-18-7-9-3-4-10(12(15)17-2)11-13-5-6-14(9)11/h3-6H,7-8H2,1-2H3. The van der Waals surface area contributed by atoms with E-state index in [1.54, 1.807) is 36.0 Å². The number of rotatable bonds is 5. The van der Waals surface area contributed by atoms with Crippen LogP contribution >= 0.6 is 0 Å². The number of esters is 1. The molecule has 0 radical (unpaired) electrons. The Morgan fingerprint density at radius 2 is 2.22 bits per heavy atom. The van der Waals surface area contributed by atoms with Crippen LogP contribution in [0.5, 0.6) is 0 Å². The van der Waals surface area contributed by atoms with Gasteiger partial charge in [0.2, 0.25) is 0 Å². The second kappa shape index (κ2) is 5.61. The predicted molar refractivity (Wildman–Crippen MR) is 63.2 cm³/mol. The van der Waals surface area contributed by atoms with E-state index in [9.17, 15) is 4.79 Å². The van der Waals surface area contributed by atoms with Crippen LogP contribution in [0.3, 0.4) is 0 Å². The lowest BCUT2D eigenvalue weighted by Gasteiger charge is -2.08. The number of carbonyl (C=O) groups is 1. The minimum absolute atomic E-state index is 0.217. The van der Waals surface area contributed by atoms with E-state index >= 15 is 0 Å². The first-order valence-corrected chi connectivity index (χ1v) is 5.38. The molecule has 0 aliphatic carbocycles. The zero-order valence-corrected chi connectivity index (χ0v) is 10.3.